The second-order valence-electron chi connectivity index (χ2n) is 7.23. The maximum Gasteiger partial charge on any atom is 0.229 e. The third-order valence-corrected chi connectivity index (χ3v) is 5.05. The van der Waals surface area contributed by atoms with Crippen LogP contribution in [0.15, 0.2) is 16.9 Å². The molecule has 0 N–H and O–H groups in total. The summed E-state index contributed by atoms with van der Waals surface area (Å²) in [6, 6.07) is -0.0381. The van der Waals surface area contributed by atoms with Crippen LogP contribution >= 0.6 is 0 Å². The van der Waals surface area contributed by atoms with E-state index in [4.69, 9.17) is 4.52 Å². The van der Waals surface area contributed by atoms with Crippen molar-refractivity contribution in [2.75, 3.05) is 6.54 Å². The van der Waals surface area contributed by atoms with Crippen LogP contribution in [0.5, 0.6) is 0 Å². The highest BCUT2D eigenvalue weighted by atomic mass is 16.5. The summed E-state index contributed by atoms with van der Waals surface area (Å²) in [5.41, 5.74) is 1.16. The van der Waals surface area contributed by atoms with Gasteiger partial charge in [0.1, 0.15) is 0 Å². The van der Waals surface area contributed by atoms with Crippen molar-refractivity contribution in [3.8, 4) is 0 Å². The fourth-order valence-electron chi connectivity index (χ4n) is 3.60. The Morgan fingerprint density at radius 1 is 1.42 bits per heavy atom. The highest BCUT2D eigenvalue weighted by Gasteiger charge is 2.48. The van der Waals surface area contributed by atoms with Crippen molar-refractivity contribution in [3.05, 3.63) is 29.7 Å². The van der Waals surface area contributed by atoms with E-state index in [-0.39, 0.29) is 23.8 Å². The van der Waals surface area contributed by atoms with Crippen LogP contribution in [0.1, 0.15) is 68.3 Å². The number of nitrogens with zero attached hydrogens (tertiary/aromatic N) is 5. The minimum Gasteiger partial charge on any atom is -0.339 e. The molecule has 1 aliphatic heterocycles. The Balaban J connectivity index is 1.47. The summed E-state index contributed by atoms with van der Waals surface area (Å²) >= 11 is 0. The van der Waals surface area contributed by atoms with Gasteiger partial charge in [-0.1, -0.05) is 19.0 Å². The molecule has 0 spiro atoms. The zero-order valence-corrected chi connectivity index (χ0v) is 14.3. The van der Waals surface area contributed by atoms with Crippen molar-refractivity contribution in [3.63, 3.8) is 0 Å². The molecule has 2 fully saturated rings. The number of hydrogen-bond acceptors (Lipinski definition) is 5. The lowest BCUT2D eigenvalue weighted by Gasteiger charge is -2.22. The fourth-order valence-corrected chi connectivity index (χ4v) is 3.60. The largest absolute Gasteiger partial charge is 0.339 e. The molecule has 0 radical (unpaired) electrons. The van der Waals surface area contributed by atoms with E-state index < -0.39 is 0 Å². The molecule has 0 aromatic carbocycles. The molecule has 3 heterocycles. The van der Waals surface area contributed by atoms with Gasteiger partial charge in [0.05, 0.1) is 12.2 Å². The summed E-state index contributed by atoms with van der Waals surface area (Å²) in [5, 5.41) is 8.33. The van der Waals surface area contributed by atoms with Crippen LogP contribution < -0.4 is 0 Å². The number of likely N-dealkylation sites (tertiary alicyclic amines) is 1. The molecule has 0 bridgehead atoms. The third-order valence-electron chi connectivity index (χ3n) is 5.05. The minimum absolute atomic E-state index is 0.0381. The maximum absolute atomic E-state index is 12.9. The highest BCUT2D eigenvalue weighted by molar-refractivity contribution is 5.83. The van der Waals surface area contributed by atoms with Gasteiger partial charge in [0.2, 0.25) is 11.8 Å². The van der Waals surface area contributed by atoms with Crippen LogP contribution in [-0.2, 0) is 11.8 Å². The molecule has 7 heteroatoms. The van der Waals surface area contributed by atoms with Crippen molar-refractivity contribution in [1.82, 2.24) is 24.8 Å². The van der Waals surface area contributed by atoms with Crippen molar-refractivity contribution in [1.29, 1.82) is 0 Å². The van der Waals surface area contributed by atoms with Crippen LogP contribution in [-0.4, -0.2) is 37.3 Å². The number of carbonyl (C=O) groups excluding carboxylic acids is 1. The highest BCUT2D eigenvalue weighted by Crippen LogP contribution is 2.49. The second kappa shape index (κ2) is 5.72. The van der Waals surface area contributed by atoms with Gasteiger partial charge >= 0.3 is 0 Å². The second-order valence-corrected chi connectivity index (χ2v) is 7.23. The van der Waals surface area contributed by atoms with E-state index in [1.807, 2.05) is 38.2 Å². The Morgan fingerprint density at radius 3 is 2.92 bits per heavy atom. The van der Waals surface area contributed by atoms with E-state index in [0.29, 0.717) is 17.6 Å². The summed E-state index contributed by atoms with van der Waals surface area (Å²) in [4.78, 5) is 19.4. The molecule has 4 rings (SSSR count). The molecule has 7 nitrogen and oxygen atoms in total. The standard InChI is InChI=1S/C17H23N5O2/c1-10(2)16-19-15(20-24-16)14-5-4-6-22(14)17(23)13-7-12(13)11-8-18-21(3)9-11/h8-10,12-14H,4-7H2,1-3H3/t12-,13-,14+/m1/s1. The normalized spacial score (nSPS) is 26.3. The van der Waals surface area contributed by atoms with Gasteiger partial charge in [0, 0.05) is 31.6 Å². The molecule has 24 heavy (non-hydrogen) atoms. The molecule has 1 saturated heterocycles. The van der Waals surface area contributed by atoms with Crippen molar-refractivity contribution in [2.45, 2.75) is 51.0 Å². The van der Waals surface area contributed by atoms with Gasteiger partial charge in [-0.05, 0) is 30.7 Å². The van der Waals surface area contributed by atoms with E-state index in [1.165, 1.54) is 0 Å². The van der Waals surface area contributed by atoms with Crippen LogP contribution in [0.3, 0.4) is 0 Å². The quantitative estimate of drug-likeness (QED) is 0.861. The lowest BCUT2D eigenvalue weighted by molar-refractivity contribution is -0.133. The molecular formula is C17H23N5O2. The Hall–Kier alpha value is -2.18. The third kappa shape index (κ3) is 2.61. The summed E-state index contributed by atoms with van der Waals surface area (Å²) in [6.45, 7) is 4.83. The monoisotopic (exact) mass is 329 g/mol. The average Bonchev–Trinajstić information content (AvgIpc) is 2.97. The van der Waals surface area contributed by atoms with Gasteiger partial charge in [0.25, 0.3) is 0 Å². The predicted molar refractivity (Wildman–Crippen MR) is 86.1 cm³/mol. The molecule has 2 aromatic rings. The predicted octanol–water partition coefficient (Wildman–Crippen LogP) is 2.39. The van der Waals surface area contributed by atoms with Crippen molar-refractivity contribution < 1.29 is 9.32 Å². The van der Waals surface area contributed by atoms with Gasteiger partial charge < -0.3 is 9.42 Å². The molecule has 2 aliphatic rings. The SMILES string of the molecule is CC(C)c1nc([C@@H]2CCCN2C(=O)[C@@H]2C[C@@H]2c2cnn(C)c2)no1. The average molecular weight is 329 g/mol. The Labute approximate surface area is 141 Å². The van der Waals surface area contributed by atoms with Gasteiger partial charge in [-0.25, -0.2) is 0 Å². The maximum atomic E-state index is 12.9. The molecular weight excluding hydrogens is 306 g/mol. The van der Waals surface area contributed by atoms with Crippen LogP contribution in [0.4, 0.5) is 0 Å². The van der Waals surface area contributed by atoms with E-state index in [2.05, 4.69) is 15.2 Å². The number of aromatic nitrogens is 4. The van der Waals surface area contributed by atoms with E-state index >= 15 is 0 Å². The van der Waals surface area contributed by atoms with E-state index in [9.17, 15) is 4.79 Å². The number of hydrogen-bond donors (Lipinski definition) is 0. The number of aryl methyl sites for hydroxylation is 1. The number of amides is 1. The van der Waals surface area contributed by atoms with Gasteiger partial charge in [0.15, 0.2) is 5.82 Å². The molecule has 1 aliphatic carbocycles. The minimum atomic E-state index is -0.0381. The lowest BCUT2D eigenvalue weighted by Crippen LogP contribution is -2.32. The Bertz CT molecular complexity index is 750. The van der Waals surface area contributed by atoms with E-state index in [1.54, 1.807) is 4.68 Å². The smallest absolute Gasteiger partial charge is 0.229 e. The van der Waals surface area contributed by atoms with Gasteiger partial charge in [-0.3, -0.25) is 9.48 Å². The van der Waals surface area contributed by atoms with Crippen LogP contribution in [0, 0.1) is 5.92 Å². The van der Waals surface area contributed by atoms with Crippen LogP contribution in [0.25, 0.3) is 0 Å². The summed E-state index contributed by atoms with van der Waals surface area (Å²) < 4.78 is 7.12. The van der Waals surface area contributed by atoms with Crippen molar-refractivity contribution in [2.24, 2.45) is 13.0 Å². The summed E-state index contributed by atoms with van der Waals surface area (Å²) in [5.74, 6) is 2.11. The number of carbonyl (C=O) groups is 1. The molecule has 1 saturated carbocycles. The first-order valence-electron chi connectivity index (χ1n) is 8.67. The fraction of sp³-hybridized carbons (Fsp3) is 0.647. The Kier molecular flexibility index (Phi) is 3.66. The lowest BCUT2D eigenvalue weighted by atomic mass is 10.1. The molecule has 3 atom stereocenters. The van der Waals surface area contributed by atoms with E-state index in [0.717, 1.165) is 31.4 Å². The zero-order chi connectivity index (χ0) is 16.8. The Morgan fingerprint density at radius 2 is 2.25 bits per heavy atom. The topological polar surface area (TPSA) is 77.1 Å². The summed E-state index contributed by atoms with van der Waals surface area (Å²) in [7, 11) is 1.90. The first-order valence-corrected chi connectivity index (χ1v) is 8.67. The number of rotatable bonds is 4. The van der Waals surface area contributed by atoms with Gasteiger partial charge in [-0.15, -0.1) is 0 Å². The first kappa shape index (κ1) is 15.4. The van der Waals surface area contributed by atoms with Gasteiger partial charge in [-0.2, -0.15) is 10.1 Å². The molecule has 128 valence electrons. The van der Waals surface area contributed by atoms with Crippen LogP contribution in [0.2, 0.25) is 0 Å². The first-order chi connectivity index (χ1) is 11.5. The zero-order valence-electron chi connectivity index (χ0n) is 14.3. The molecule has 2 aromatic heterocycles. The molecule has 1 amide bonds. The summed E-state index contributed by atoms with van der Waals surface area (Å²) in [6.07, 6.45) is 6.69. The van der Waals surface area contributed by atoms with Crippen molar-refractivity contribution >= 4 is 5.91 Å². The molecule has 0 unspecified atom stereocenters.